The number of imidazole rings is 1. The van der Waals surface area contributed by atoms with Crippen molar-refractivity contribution < 1.29 is 17.0 Å². The first kappa shape index (κ1) is 12.5. The van der Waals surface area contributed by atoms with Gasteiger partial charge in [0, 0.05) is 14.1 Å². The quantitative estimate of drug-likeness (QED) is 0.522. The minimum Gasteiger partial charge on any atom is -1.00 e. The molecule has 16 heavy (non-hydrogen) atoms. The molecule has 0 amide bonds. The highest BCUT2D eigenvalue weighted by Gasteiger charge is 2.18. The van der Waals surface area contributed by atoms with E-state index in [9.17, 15) is 4.79 Å². The minimum absolute atomic E-state index is 0. The van der Waals surface area contributed by atoms with E-state index < -0.39 is 0 Å². The normalized spacial score (nSPS) is 10.2. The molecule has 0 aliphatic carbocycles. The van der Waals surface area contributed by atoms with Gasteiger partial charge in [0.2, 0.25) is 5.52 Å². The smallest absolute Gasteiger partial charge is 0.311 e. The second-order valence-corrected chi connectivity index (χ2v) is 3.79. The zero-order valence-electron chi connectivity index (χ0n) is 9.65. The van der Waals surface area contributed by atoms with E-state index in [-0.39, 0.29) is 18.0 Å². The molecule has 88 valence electrons. The van der Waals surface area contributed by atoms with Crippen LogP contribution in [0.15, 0.2) is 11.1 Å². The summed E-state index contributed by atoms with van der Waals surface area (Å²) in [6.45, 7) is 0. The van der Waals surface area contributed by atoms with Gasteiger partial charge in [0.15, 0.2) is 6.33 Å². The zero-order valence-corrected chi connectivity index (χ0v) is 10.4. The molecule has 0 unspecified atom stereocenters. The standard InChI is InChI=1S/C9H13N5O.ClH/c1-12(2)9-10-7-6(8(15)11-9)13(3)5-14(7)4;/h5H,1-4H3;1H. The van der Waals surface area contributed by atoms with E-state index in [4.69, 9.17) is 0 Å². The molecule has 0 aliphatic heterocycles. The van der Waals surface area contributed by atoms with Crippen LogP contribution in [0.3, 0.4) is 0 Å². The lowest BCUT2D eigenvalue weighted by Crippen LogP contribution is -3.00. The van der Waals surface area contributed by atoms with Crippen molar-refractivity contribution in [1.82, 2.24) is 14.5 Å². The Hall–Kier alpha value is -1.56. The largest absolute Gasteiger partial charge is 1.00 e. The van der Waals surface area contributed by atoms with E-state index in [2.05, 4.69) is 9.97 Å². The number of aromatic nitrogens is 4. The summed E-state index contributed by atoms with van der Waals surface area (Å²) in [5.41, 5.74) is 1.15. The molecule has 2 aromatic heterocycles. The topological polar surface area (TPSA) is 57.8 Å². The summed E-state index contributed by atoms with van der Waals surface area (Å²) in [5, 5.41) is 0. The van der Waals surface area contributed by atoms with E-state index in [1.807, 2.05) is 39.1 Å². The van der Waals surface area contributed by atoms with Crippen LogP contribution in [0.1, 0.15) is 0 Å². The van der Waals surface area contributed by atoms with Crippen LogP contribution in [0.25, 0.3) is 11.2 Å². The van der Waals surface area contributed by atoms with Crippen LogP contribution in [0.2, 0.25) is 0 Å². The van der Waals surface area contributed by atoms with Gasteiger partial charge in [0.25, 0.3) is 11.5 Å². The van der Waals surface area contributed by atoms with E-state index in [1.165, 1.54) is 0 Å². The molecule has 0 fully saturated rings. The molecule has 0 saturated heterocycles. The molecule has 7 heteroatoms. The molecule has 0 aliphatic rings. The number of aryl methyl sites for hydroxylation is 2. The Morgan fingerprint density at radius 3 is 2.69 bits per heavy atom. The minimum atomic E-state index is -0.119. The maximum absolute atomic E-state index is 11.8. The number of fused-ring (bicyclic) bond motifs is 1. The summed E-state index contributed by atoms with van der Waals surface area (Å²) in [6.07, 6.45) is 1.83. The van der Waals surface area contributed by atoms with Gasteiger partial charge < -0.3 is 17.3 Å². The first-order valence-electron chi connectivity index (χ1n) is 4.63. The van der Waals surface area contributed by atoms with Crippen molar-refractivity contribution in [2.75, 3.05) is 19.0 Å². The van der Waals surface area contributed by atoms with Crippen molar-refractivity contribution in [3.05, 3.63) is 16.7 Å². The van der Waals surface area contributed by atoms with Gasteiger partial charge in [-0.15, -0.1) is 0 Å². The molecule has 2 heterocycles. The number of halogens is 1. The van der Waals surface area contributed by atoms with Crippen LogP contribution in [0, 0.1) is 0 Å². The van der Waals surface area contributed by atoms with Crippen molar-refractivity contribution in [1.29, 1.82) is 0 Å². The fourth-order valence-electron chi connectivity index (χ4n) is 1.59. The molecule has 2 rings (SSSR count). The van der Waals surface area contributed by atoms with Gasteiger partial charge in [-0.05, 0) is 0 Å². The molecule has 2 aromatic rings. The molecule has 0 spiro atoms. The summed E-state index contributed by atoms with van der Waals surface area (Å²) in [7, 11) is 7.38. The van der Waals surface area contributed by atoms with Crippen molar-refractivity contribution in [3.63, 3.8) is 0 Å². The Morgan fingerprint density at radius 1 is 1.50 bits per heavy atom. The van der Waals surface area contributed by atoms with Gasteiger partial charge in [-0.25, -0.2) is 4.57 Å². The van der Waals surface area contributed by atoms with Gasteiger partial charge in [-0.3, -0.25) is 14.3 Å². The fraction of sp³-hybridized carbons (Fsp3) is 0.444. The van der Waals surface area contributed by atoms with Gasteiger partial charge in [-0.2, -0.15) is 0 Å². The van der Waals surface area contributed by atoms with Gasteiger partial charge in [-0.1, -0.05) is 4.98 Å². The highest BCUT2D eigenvalue weighted by atomic mass is 35.5. The molecule has 0 atom stereocenters. The van der Waals surface area contributed by atoms with Crippen molar-refractivity contribution in [2.24, 2.45) is 14.1 Å². The Bertz CT molecular complexity index is 571. The maximum Gasteiger partial charge on any atom is 0.311 e. The average Bonchev–Trinajstić information content (AvgIpc) is 2.42. The Morgan fingerprint density at radius 2 is 2.12 bits per heavy atom. The van der Waals surface area contributed by atoms with Crippen LogP contribution in [0.5, 0.6) is 0 Å². The number of H-pyrrole nitrogens is 1. The average molecular weight is 244 g/mol. The molecule has 1 N–H and O–H groups in total. The molecular weight excluding hydrogens is 230 g/mol. The molecule has 0 bridgehead atoms. The van der Waals surface area contributed by atoms with E-state index in [0.717, 1.165) is 0 Å². The first-order valence-corrected chi connectivity index (χ1v) is 4.63. The van der Waals surface area contributed by atoms with Gasteiger partial charge in [0.1, 0.15) is 0 Å². The first-order chi connectivity index (χ1) is 7.00. The lowest BCUT2D eigenvalue weighted by molar-refractivity contribution is -0.647. The summed E-state index contributed by atoms with van der Waals surface area (Å²) in [5.74, 6) is 0.564. The van der Waals surface area contributed by atoms with Gasteiger partial charge >= 0.3 is 5.65 Å². The SMILES string of the molecule is CN(C)c1nc2c(c(=O)[nH]1)n(C)c[n+]2C.[Cl-]. The molecular formula is C9H14ClN5O. The second-order valence-electron chi connectivity index (χ2n) is 3.79. The summed E-state index contributed by atoms with van der Waals surface area (Å²) >= 11 is 0. The predicted molar refractivity (Wildman–Crippen MR) is 56.8 cm³/mol. The lowest BCUT2D eigenvalue weighted by Gasteiger charge is -2.05. The predicted octanol–water partition coefficient (Wildman–Crippen LogP) is -3.84. The second kappa shape index (κ2) is 4.13. The van der Waals surface area contributed by atoms with E-state index >= 15 is 0 Å². The number of nitrogens with one attached hydrogen (secondary N) is 1. The third-order valence-electron chi connectivity index (χ3n) is 2.32. The highest BCUT2D eigenvalue weighted by molar-refractivity contribution is 5.67. The number of hydrogen-bond donors (Lipinski definition) is 1. The fourth-order valence-corrected chi connectivity index (χ4v) is 1.59. The summed E-state index contributed by atoms with van der Waals surface area (Å²) in [6, 6.07) is 0. The third kappa shape index (κ3) is 1.76. The Labute approximate surface area is 98.9 Å². The number of nitrogens with zero attached hydrogens (tertiary/aromatic N) is 4. The monoisotopic (exact) mass is 243 g/mol. The van der Waals surface area contributed by atoms with Gasteiger partial charge in [0.05, 0.1) is 14.1 Å². The summed E-state index contributed by atoms with van der Waals surface area (Å²) < 4.78 is 3.60. The van der Waals surface area contributed by atoms with Crippen LogP contribution >= 0.6 is 0 Å². The number of rotatable bonds is 1. The van der Waals surface area contributed by atoms with E-state index in [0.29, 0.717) is 17.1 Å². The third-order valence-corrected chi connectivity index (χ3v) is 2.32. The molecule has 0 saturated carbocycles. The number of anilines is 1. The van der Waals surface area contributed by atoms with Crippen LogP contribution in [0.4, 0.5) is 5.95 Å². The molecule has 0 aromatic carbocycles. The van der Waals surface area contributed by atoms with Crippen LogP contribution < -0.4 is 27.4 Å². The Kier molecular flexibility index (Phi) is 3.23. The van der Waals surface area contributed by atoms with E-state index in [1.54, 1.807) is 9.47 Å². The molecule has 6 nitrogen and oxygen atoms in total. The zero-order chi connectivity index (χ0) is 11.2. The van der Waals surface area contributed by atoms with Crippen LogP contribution in [-0.2, 0) is 14.1 Å². The number of hydrogen-bond acceptors (Lipinski definition) is 3. The number of aromatic amines is 1. The van der Waals surface area contributed by atoms with Crippen molar-refractivity contribution in [3.8, 4) is 0 Å². The summed E-state index contributed by atoms with van der Waals surface area (Å²) in [4.78, 5) is 20.7. The Balaban J connectivity index is 0.00000128. The van der Waals surface area contributed by atoms with Crippen molar-refractivity contribution >= 4 is 17.1 Å². The lowest BCUT2D eigenvalue weighted by atomic mass is 10.5. The van der Waals surface area contributed by atoms with Crippen molar-refractivity contribution in [2.45, 2.75) is 0 Å². The maximum atomic E-state index is 11.8. The highest BCUT2D eigenvalue weighted by Crippen LogP contribution is 2.05. The van der Waals surface area contributed by atoms with Crippen LogP contribution in [-0.4, -0.2) is 28.6 Å². The molecule has 0 radical (unpaired) electrons.